The summed E-state index contributed by atoms with van der Waals surface area (Å²) in [5.74, 6) is -0.802. The molecule has 0 saturated carbocycles. The van der Waals surface area contributed by atoms with E-state index in [0.29, 0.717) is 5.02 Å². The van der Waals surface area contributed by atoms with Crippen LogP contribution in [0.4, 0.5) is 4.39 Å². The van der Waals surface area contributed by atoms with Crippen LogP contribution in [0, 0.1) is 5.82 Å². The lowest BCUT2D eigenvalue weighted by molar-refractivity contribution is 0.0987. The standard InChI is InChI=1S/C13H8Cl2FNO/c14-8-4-5-12(17-7-8)13(18)6-9-10(15)2-1-3-11(9)16/h1-5,7H,6H2. The lowest BCUT2D eigenvalue weighted by Crippen LogP contribution is -2.07. The summed E-state index contributed by atoms with van der Waals surface area (Å²) in [4.78, 5) is 15.8. The Kier molecular flexibility index (Phi) is 3.94. The number of aromatic nitrogens is 1. The normalized spacial score (nSPS) is 10.4. The third-order valence-electron chi connectivity index (χ3n) is 2.41. The summed E-state index contributed by atoms with van der Waals surface area (Å²) in [7, 11) is 0. The van der Waals surface area contributed by atoms with Crippen molar-refractivity contribution in [3.63, 3.8) is 0 Å². The third kappa shape index (κ3) is 2.86. The molecule has 0 amide bonds. The van der Waals surface area contributed by atoms with Gasteiger partial charge in [-0.2, -0.15) is 0 Å². The molecule has 92 valence electrons. The molecule has 0 N–H and O–H groups in total. The van der Waals surface area contributed by atoms with Gasteiger partial charge in [0, 0.05) is 23.2 Å². The van der Waals surface area contributed by atoms with E-state index in [0.717, 1.165) is 0 Å². The molecule has 0 spiro atoms. The van der Waals surface area contributed by atoms with Crippen molar-refractivity contribution < 1.29 is 9.18 Å². The molecule has 0 unspecified atom stereocenters. The van der Waals surface area contributed by atoms with E-state index in [1.165, 1.54) is 24.4 Å². The Labute approximate surface area is 113 Å². The number of nitrogens with zero attached hydrogens (tertiary/aromatic N) is 1. The summed E-state index contributed by atoms with van der Waals surface area (Å²) in [6, 6.07) is 7.36. The maximum atomic E-state index is 13.5. The van der Waals surface area contributed by atoms with Crippen molar-refractivity contribution in [1.29, 1.82) is 0 Å². The van der Waals surface area contributed by atoms with E-state index in [9.17, 15) is 9.18 Å². The van der Waals surface area contributed by atoms with Gasteiger partial charge in [-0.15, -0.1) is 0 Å². The van der Waals surface area contributed by atoms with E-state index < -0.39 is 5.82 Å². The lowest BCUT2D eigenvalue weighted by Gasteiger charge is -2.04. The van der Waals surface area contributed by atoms with Crippen molar-refractivity contribution in [3.8, 4) is 0 Å². The van der Waals surface area contributed by atoms with Crippen LogP contribution in [0.1, 0.15) is 16.1 Å². The fraction of sp³-hybridized carbons (Fsp3) is 0.0769. The monoisotopic (exact) mass is 283 g/mol. The molecular weight excluding hydrogens is 276 g/mol. The van der Waals surface area contributed by atoms with Gasteiger partial charge in [-0.25, -0.2) is 4.39 Å². The number of carbonyl (C=O) groups excluding carboxylic acids is 1. The minimum absolute atomic E-state index is 0.125. The molecule has 2 nitrogen and oxygen atoms in total. The predicted molar refractivity (Wildman–Crippen MR) is 68.7 cm³/mol. The first-order valence-electron chi connectivity index (χ1n) is 5.15. The Hall–Kier alpha value is -1.45. The van der Waals surface area contributed by atoms with E-state index in [4.69, 9.17) is 23.2 Å². The van der Waals surface area contributed by atoms with Gasteiger partial charge in [0.05, 0.1) is 5.02 Å². The van der Waals surface area contributed by atoms with Crippen molar-refractivity contribution in [2.24, 2.45) is 0 Å². The molecule has 0 bridgehead atoms. The van der Waals surface area contributed by atoms with Gasteiger partial charge in [0.15, 0.2) is 5.78 Å². The Morgan fingerprint density at radius 1 is 1.22 bits per heavy atom. The molecule has 1 aromatic carbocycles. The average molecular weight is 284 g/mol. The molecule has 2 rings (SSSR count). The summed E-state index contributed by atoms with van der Waals surface area (Å²) < 4.78 is 13.5. The Morgan fingerprint density at radius 2 is 2.00 bits per heavy atom. The SMILES string of the molecule is O=C(Cc1c(F)cccc1Cl)c1ccc(Cl)cn1. The van der Waals surface area contributed by atoms with Crippen LogP contribution in [0.3, 0.4) is 0 Å². The van der Waals surface area contributed by atoms with Crippen molar-refractivity contribution >= 4 is 29.0 Å². The van der Waals surface area contributed by atoms with Gasteiger partial charge < -0.3 is 0 Å². The van der Waals surface area contributed by atoms with Gasteiger partial charge in [0.25, 0.3) is 0 Å². The first-order chi connectivity index (χ1) is 8.58. The van der Waals surface area contributed by atoms with Crippen LogP contribution in [0.25, 0.3) is 0 Å². The number of ketones is 1. The second kappa shape index (κ2) is 5.46. The largest absolute Gasteiger partial charge is 0.292 e. The number of halogens is 3. The van der Waals surface area contributed by atoms with Crippen LogP contribution in [0.2, 0.25) is 10.0 Å². The first-order valence-corrected chi connectivity index (χ1v) is 5.91. The van der Waals surface area contributed by atoms with Crippen LogP contribution >= 0.6 is 23.2 Å². The molecule has 0 atom stereocenters. The maximum absolute atomic E-state index is 13.5. The molecule has 1 heterocycles. The number of Topliss-reactive ketones (excluding diaryl/α,β-unsaturated/α-hetero) is 1. The number of benzene rings is 1. The summed E-state index contributed by atoms with van der Waals surface area (Å²) in [5.41, 5.74) is 0.416. The fourth-order valence-electron chi connectivity index (χ4n) is 1.49. The third-order valence-corrected chi connectivity index (χ3v) is 2.99. The van der Waals surface area contributed by atoms with Crippen molar-refractivity contribution in [1.82, 2.24) is 4.98 Å². The minimum Gasteiger partial charge on any atom is -0.292 e. The number of rotatable bonds is 3. The summed E-state index contributed by atoms with van der Waals surface area (Å²) in [6.07, 6.45) is 1.25. The summed E-state index contributed by atoms with van der Waals surface area (Å²) >= 11 is 11.5. The fourth-order valence-corrected chi connectivity index (χ4v) is 1.83. The first kappa shape index (κ1) is 13.0. The second-order valence-electron chi connectivity index (χ2n) is 3.66. The molecular formula is C13H8Cl2FNO. The van der Waals surface area contributed by atoms with Gasteiger partial charge in [0.1, 0.15) is 11.5 Å². The highest BCUT2D eigenvalue weighted by Crippen LogP contribution is 2.20. The molecule has 18 heavy (non-hydrogen) atoms. The maximum Gasteiger partial charge on any atom is 0.185 e. The van der Waals surface area contributed by atoms with Crippen LogP contribution in [0.15, 0.2) is 36.5 Å². The number of carbonyl (C=O) groups is 1. The summed E-state index contributed by atoms with van der Waals surface area (Å²) in [5, 5.41) is 0.674. The smallest absolute Gasteiger partial charge is 0.185 e. The van der Waals surface area contributed by atoms with Crippen LogP contribution in [0.5, 0.6) is 0 Å². The van der Waals surface area contributed by atoms with E-state index in [-0.39, 0.29) is 28.5 Å². The highest BCUT2D eigenvalue weighted by atomic mass is 35.5. The van der Waals surface area contributed by atoms with E-state index >= 15 is 0 Å². The molecule has 2 aromatic rings. The van der Waals surface area contributed by atoms with Crippen LogP contribution in [-0.2, 0) is 6.42 Å². The zero-order valence-electron chi connectivity index (χ0n) is 9.16. The molecule has 1 aromatic heterocycles. The predicted octanol–water partition coefficient (Wildman–Crippen LogP) is 3.95. The molecule has 0 aliphatic heterocycles. The zero-order chi connectivity index (χ0) is 13.1. The minimum atomic E-state index is -0.496. The Morgan fingerprint density at radius 3 is 2.61 bits per heavy atom. The zero-order valence-corrected chi connectivity index (χ0v) is 10.7. The molecule has 5 heteroatoms. The molecule has 0 radical (unpaired) electrons. The van der Waals surface area contributed by atoms with Crippen molar-refractivity contribution in [3.05, 3.63) is 63.6 Å². The van der Waals surface area contributed by atoms with E-state index in [1.807, 2.05) is 0 Å². The van der Waals surface area contributed by atoms with Crippen molar-refractivity contribution in [2.45, 2.75) is 6.42 Å². The molecule has 0 aliphatic rings. The second-order valence-corrected chi connectivity index (χ2v) is 4.51. The highest BCUT2D eigenvalue weighted by molar-refractivity contribution is 6.31. The van der Waals surface area contributed by atoms with E-state index in [1.54, 1.807) is 12.1 Å². The molecule has 0 fully saturated rings. The topological polar surface area (TPSA) is 30.0 Å². The number of hydrogen-bond acceptors (Lipinski definition) is 2. The Bertz CT molecular complexity index is 564. The number of pyridine rings is 1. The van der Waals surface area contributed by atoms with Gasteiger partial charge in [-0.3, -0.25) is 9.78 Å². The number of hydrogen-bond donors (Lipinski definition) is 0. The van der Waals surface area contributed by atoms with Gasteiger partial charge in [-0.05, 0) is 24.3 Å². The van der Waals surface area contributed by atoms with E-state index in [2.05, 4.69) is 4.98 Å². The average Bonchev–Trinajstić information content (AvgIpc) is 2.34. The Balaban J connectivity index is 2.24. The molecule has 0 saturated heterocycles. The quantitative estimate of drug-likeness (QED) is 0.799. The highest BCUT2D eigenvalue weighted by Gasteiger charge is 2.14. The van der Waals surface area contributed by atoms with Crippen LogP contribution < -0.4 is 0 Å². The molecule has 0 aliphatic carbocycles. The van der Waals surface area contributed by atoms with Gasteiger partial charge in [-0.1, -0.05) is 29.3 Å². The van der Waals surface area contributed by atoms with Gasteiger partial charge >= 0.3 is 0 Å². The summed E-state index contributed by atoms with van der Waals surface area (Å²) in [6.45, 7) is 0. The van der Waals surface area contributed by atoms with Gasteiger partial charge in [0.2, 0.25) is 0 Å². The lowest BCUT2D eigenvalue weighted by atomic mass is 10.1. The van der Waals surface area contributed by atoms with Crippen LogP contribution in [-0.4, -0.2) is 10.8 Å². The van der Waals surface area contributed by atoms with Crippen molar-refractivity contribution in [2.75, 3.05) is 0 Å².